The lowest BCUT2D eigenvalue weighted by Crippen LogP contribution is -2.23. The van der Waals surface area contributed by atoms with Crippen LogP contribution in [0.15, 0.2) is 33.9 Å². The number of aromatic nitrogens is 2. The van der Waals surface area contributed by atoms with E-state index in [0.29, 0.717) is 30.7 Å². The number of nitrogens with zero attached hydrogens (tertiary/aromatic N) is 3. The zero-order valence-corrected chi connectivity index (χ0v) is 13.8. The molecule has 2 heterocycles. The Hall–Kier alpha value is -2.02. The highest BCUT2D eigenvalue weighted by atomic mass is 32.2. The number of carbonyl (C=O) groups is 1. The van der Waals surface area contributed by atoms with Crippen molar-refractivity contribution in [1.29, 1.82) is 0 Å². The van der Waals surface area contributed by atoms with E-state index in [2.05, 4.69) is 10.2 Å². The van der Waals surface area contributed by atoms with E-state index in [1.165, 1.54) is 17.3 Å². The van der Waals surface area contributed by atoms with Crippen molar-refractivity contribution in [3.05, 3.63) is 35.7 Å². The molecule has 3 rings (SSSR count). The van der Waals surface area contributed by atoms with E-state index in [0.717, 1.165) is 24.5 Å². The van der Waals surface area contributed by atoms with Crippen LogP contribution in [0.5, 0.6) is 5.75 Å². The zero-order chi connectivity index (χ0) is 16.1. The van der Waals surface area contributed by atoms with Gasteiger partial charge < -0.3 is 14.1 Å². The van der Waals surface area contributed by atoms with Gasteiger partial charge in [-0.05, 0) is 31.0 Å². The summed E-state index contributed by atoms with van der Waals surface area (Å²) >= 11 is 1.45. The van der Waals surface area contributed by atoms with E-state index in [1.807, 2.05) is 31.2 Å². The molecule has 1 aromatic carbocycles. The number of aryl methyl sites for hydroxylation is 1. The molecule has 2 aromatic rings. The quantitative estimate of drug-likeness (QED) is 0.573. The first-order valence-corrected chi connectivity index (χ1v) is 8.62. The molecule has 6 nitrogen and oxygen atoms in total. The Morgan fingerprint density at radius 1 is 1.39 bits per heavy atom. The standard InChI is InChI=1S/C16H19N3O3S/c1-12-4-2-5-13(10-12)21-8-9-23-16-18-17-14(22-16)11-19-7-3-6-15(19)20/h2,4-5,10H,3,6-9,11H2,1H3. The summed E-state index contributed by atoms with van der Waals surface area (Å²) in [4.78, 5) is 13.3. The minimum atomic E-state index is 0.156. The lowest BCUT2D eigenvalue weighted by atomic mass is 10.2. The molecule has 1 fully saturated rings. The Morgan fingerprint density at radius 2 is 2.30 bits per heavy atom. The van der Waals surface area contributed by atoms with E-state index in [-0.39, 0.29) is 5.91 Å². The van der Waals surface area contributed by atoms with Crippen molar-refractivity contribution < 1.29 is 13.9 Å². The summed E-state index contributed by atoms with van der Waals surface area (Å²) in [5, 5.41) is 8.50. The molecule has 1 aliphatic heterocycles. The Bertz CT molecular complexity index is 674. The Balaban J connectivity index is 1.41. The van der Waals surface area contributed by atoms with Gasteiger partial charge in [-0.2, -0.15) is 0 Å². The molecule has 0 radical (unpaired) electrons. The maximum Gasteiger partial charge on any atom is 0.276 e. The SMILES string of the molecule is Cc1cccc(OCCSc2nnc(CN3CCCC3=O)o2)c1. The highest BCUT2D eigenvalue weighted by Crippen LogP contribution is 2.19. The minimum Gasteiger partial charge on any atom is -0.493 e. The maximum atomic E-state index is 11.6. The molecular weight excluding hydrogens is 314 g/mol. The van der Waals surface area contributed by atoms with E-state index >= 15 is 0 Å². The molecule has 1 aromatic heterocycles. The van der Waals surface area contributed by atoms with Gasteiger partial charge in [0.2, 0.25) is 11.8 Å². The molecule has 0 N–H and O–H groups in total. The van der Waals surface area contributed by atoms with Crippen molar-refractivity contribution in [3.63, 3.8) is 0 Å². The fraction of sp³-hybridized carbons (Fsp3) is 0.438. The predicted octanol–water partition coefficient (Wildman–Crippen LogP) is 2.67. The monoisotopic (exact) mass is 333 g/mol. The molecule has 122 valence electrons. The van der Waals surface area contributed by atoms with Crippen LogP contribution in [0.4, 0.5) is 0 Å². The first kappa shape index (κ1) is 15.9. The Labute approximate surface area is 139 Å². The molecule has 1 saturated heterocycles. The van der Waals surface area contributed by atoms with Gasteiger partial charge in [-0.15, -0.1) is 10.2 Å². The molecule has 0 bridgehead atoms. The van der Waals surface area contributed by atoms with Gasteiger partial charge >= 0.3 is 0 Å². The van der Waals surface area contributed by atoms with Crippen LogP contribution in [0.25, 0.3) is 0 Å². The Kier molecular flexibility index (Phi) is 5.17. The zero-order valence-electron chi connectivity index (χ0n) is 13.0. The first-order valence-electron chi connectivity index (χ1n) is 7.63. The van der Waals surface area contributed by atoms with E-state index in [1.54, 1.807) is 4.90 Å². The molecule has 0 atom stereocenters. The smallest absolute Gasteiger partial charge is 0.276 e. The van der Waals surface area contributed by atoms with Crippen molar-refractivity contribution in [2.24, 2.45) is 0 Å². The number of benzene rings is 1. The molecule has 0 spiro atoms. The second-order valence-electron chi connectivity index (χ2n) is 5.39. The highest BCUT2D eigenvalue weighted by Gasteiger charge is 2.22. The third-order valence-corrected chi connectivity index (χ3v) is 4.30. The number of ether oxygens (including phenoxy) is 1. The highest BCUT2D eigenvalue weighted by molar-refractivity contribution is 7.99. The molecule has 23 heavy (non-hydrogen) atoms. The largest absolute Gasteiger partial charge is 0.493 e. The molecule has 0 aliphatic carbocycles. The third kappa shape index (κ3) is 4.48. The molecule has 1 aliphatic rings. The summed E-state index contributed by atoms with van der Waals surface area (Å²) in [5.41, 5.74) is 1.17. The number of thioether (sulfide) groups is 1. The molecule has 0 unspecified atom stereocenters. The van der Waals surface area contributed by atoms with Crippen molar-refractivity contribution in [1.82, 2.24) is 15.1 Å². The lowest BCUT2D eigenvalue weighted by molar-refractivity contribution is -0.128. The van der Waals surface area contributed by atoms with Crippen LogP contribution >= 0.6 is 11.8 Å². The average Bonchev–Trinajstić information content (AvgIpc) is 3.14. The average molecular weight is 333 g/mol. The van der Waals surface area contributed by atoms with Crippen molar-refractivity contribution in [2.45, 2.75) is 31.5 Å². The fourth-order valence-electron chi connectivity index (χ4n) is 2.39. The van der Waals surface area contributed by atoms with Gasteiger partial charge in [-0.25, -0.2) is 0 Å². The second kappa shape index (κ2) is 7.50. The number of amides is 1. The second-order valence-corrected chi connectivity index (χ2v) is 6.44. The normalized spacial score (nSPS) is 14.5. The van der Waals surface area contributed by atoms with Crippen LogP contribution in [0.1, 0.15) is 24.3 Å². The number of hydrogen-bond donors (Lipinski definition) is 0. The van der Waals surface area contributed by atoms with Gasteiger partial charge in [0, 0.05) is 18.7 Å². The van der Waals surface area contributed by atoms with Gasteiger partial charge in [0.15, 0.2) is 0 Å². The number of carbonyl (C=O) groups excluding carboxylic acids is 1. The van der Waals surface area contributed by atoms with Crippen molar-refractivity contribution in [2.75, 3.05) is 18.9 Å². The van der Waals surface area contributed by atoms with Crippen LogP contribution in [-0.2, 0) is 11.3 Å². The minimum absolute atomic E-state index is 0.156. The van der Waals surface area contributed by atoms with Crippen molar-refractivity contribution >= 4 is 17.7 Å². The maximum absolute atomic E-state index is 11.6. The van der Waals surface area contributed by atoms with Gasteiger partial charge in [0.25, 0.3) is 5.22 Å². The summed E-state index contributed by atoms with van der Waals surface area (Å²) < 4.78 is 11.2. The topological polar surface area (TPSA) is 68.5 Å². The van der Waals surface area contributed by atoms with Crippen molar-refractivity contribution in [3.8, 4) is 5.75 Å². The fourth-order valence-corrected chi connectivity index (χ4v) is 2.98. The number of hydrogen-bond acceptors (Lipinski definition) is 6. The third-order valence-electron chi connectivity index (χ3n) is 3.51. The van der Waals surface area contributed by atoms with Gasteiger partial charge in [0.1, 0.15) is 5.75 Å². The number of rotatable bonds is 7. The van der Waals surface area contributed by atoms with Crippen LogP contribution in [-0.4, -0.2) is 39.9 Å². The molecule has 0 saturated carbocycles. The molecular formula is C16H19N3O3S. The predicted molar refractivity (Wildman–Crippen MR) is 86.3 cm³/mol. The van der Waals surface area contributed by atoms with E-state index in [9.17, 15) is 4.79 Å². The Morgan fingerprint density at radius 3 is 3.09 bits per heavy atom. The summed E-state index contributed by atoms with van der Waals surface area (Å²) in [6.07, 6.45) is 1.52. The van der Waals surface area contributed by atoms with Crippen LogP contribution < -0.4 is 4.74 Å². The van der Waals surface area contributed by atoms with E-state index in [4.69, 9.17) is 9.15 Å². The molecule has 1 amide bonds. The summed E-state index contributed by atoms with van der Waals surface area (Å²) in [6.45, 7) is 3.78. The summed E-state index contributed by atoms with van der Waals surface area (Å²) in [7, 11) is 0. The van der Waals surface area contributed by atoms with E-state index < -0.39 is 0 Å². The first-order chi connectivity index (χ1) is 11.2. The van der Waals surface area contributed by atoms with Gasteiger partial charge in [-0.3, -0.25) is 4.79 Å². The summed E-state index contributed by atoms with van der Waals surface area (Å²) in [6, 6.07) is 7.95. The summed E-state index contributed by atoms with van der Waals surface area (Å²) in [5.74, 6) is 2.23. The number of likely N-dealkylation sites (tertiary alicyclic amines) is 1. The lowest BCUT2D eigenvalue weighted by Gasteiger charge is -2.11. The van der Waals surface area contributed by atoms with Crippen LogP contribution in [0, 0.1) is 6.92 Å². The van der Waals surface area contributed by atoms with Crippen LogP contribution in [0.2, 0.25) is 0 Å². The van der Waals surface area contributed by atoms with Crippen LogP contribution in [0.3, 0.4) is 0 Å². The van der Waals surface area contributed by atoms with Gasteiger partial charge in [-0.1, -0.05) is 23.9 Å². The van der Waals surface area contributed by atoms with Gasteiger partial charge in [0.05, 0.1) is 13.2 Å². The molecule has 7 heteroatoms.